The zero-order chi connectivity index (χ0) is 12.5. The molecule has 1 N–H and O–H groups in total. The van der Waals surface area contributed by atoms with Crippen molar-refractivity contribution in [3.63, 3.8) is 0 Å². The van der Waals surface area contributed by atoms with Crippen LogP contribution in [0.25, 0.3) is 0 Å². The lowest BCUT2D eigenvalue weighted by Gasteiger charge is -2.06. The Hall–Kier alpha value is -1.66. The van der Waals surface area contributed by atoms with Crippen LogP contribution in [-0.2, 0) is 20.9 Å². The molecule has 6 nitrogen and oxygen atoms in total. The van der Waals surface area contributed by atoms with Crippen molar-refractivity contribution < 1.29 is 14.4 Å². The van der Waals surface area contributed by atoms with E-state index in [1.54, 1.807) is 25.4 Å². The van der Waals surface area contributed by atoms with Crippen LogP contribution in [0, 0.1) is 0 Å². The topological polar surface area (TPSA) is 69.6 Å². The molecule has 0 bridgehead atoms. The molecule has 0 saturated carbocycles. The molecular weight excluding hydrogens is 224 g/mol. The molecule has 1 rings (SSSR count). The minimum absolute atomic E-state index is 0.124. The monoisotopic (exact) mass is 240 g/mol. The second-order valence-electron chi connectivity index (χ2n) is 3.35. The van der Waals surface area contributed by atoms with Gasteiger partial charge in [-0.2, -0.15) is 0 Å². The maximum atomic E-state index is 11.3. The van der Waals surface area contributed by atoms with Crippen molar-refractivity contribution in [3.05, 3.63) is 34.7 Å². The lowest BCUT2D eigenvalue weighted by Crippen LogP contribution is -2.28. The quantitative estimate of drug-likeness (QED) is 0.535. The summed E-state index contributed by atoms with van der Waals surface area (Å²) < 4.78 is 6.21. The van der Waals surface area contributed by atoms with Crippen LogP contribution in [0.2, 0.25) is 0 Å². The van der Waals surface area contributed by atoms with Gasteiger partial charge in [0.05, 0.1) is 13.2 Å². The molecule has 0 aliphatic heterocycles. The highest BCUT2D eigenvalue weighted by molar-refractivity contribution is 5.74. The molecule has 0 spiro atoms. The van der Waals surface area contributed by atoms with E-state index in [-0.39, 0.29) is 17.9 Å². The van der Waals surface area contributed by atoms with Crippen LogP contribution in [-0.4, -0.2) is 30.8 Å². The van der Waals surface area contributed by atoms with Gasteiger partial charge in [-0.3, -0.25) is 14.4 Å². The molecule has 0 fully saturated rings. The minimum atomic E-state index is -0.267. The standard InChI is InChI=1S/C11H16N2O4/c1-16-8-9-17-12-10(14)5-7-13-6-3-2-4-11(13)15/h2-4,6H,5,7-9H2,1H3,(H,12,14). The summed E-state index contributed by atoms with van der Waals surface area (Å²) in [5, 5.41) is 0. The summed E-state index contributed by atoms with van der Waals surface area (Å²) in [5.74, 6) is -0.267. The van der Waals surface area contributed by atoms with Gasteiger partial charge in [-0.25, -0.2) is 5.48 Å². The molecule has 17 heavy (non-hydrogen) atoms. The molecule has 6 heteroatoms. The maximum Gasteiger partial charge on any atom is 0.250 e. The molecule has 0 unspecified atom stereocenters. The number of rotatable bonds is 7. The number of hydrogen-bond donors (Lipinski definition) is 1. The Morgan fingerprint density at radius 3 is 2.94 bits per heavy atom. The molecular formula is C11H16N2O4. The van der Waals surface area contributed by atoms with Crippen molar-refractivity contribution in [3.8, 4) is 0 Å². The normalized spacial score (nSPS) is 10.2. The van der Waals surface area contributed by atoms with Crippen molar-refractivity contribution in [2.75, 3.05) is 20.3 Å². The SMILES string of the molecule is COCCONC(=O)CCn1ccccc1=O. The Bertz CT molecular complexity index is 402. The number of nitrogens with one attached hydrogen (secondary N) is 1. The van der Waals surface area contributed by atoms with Crippen molar-refractivity contribution >= 4 is 5.91 Å². The fraction of sp³-hybridized carbons (Fsp3) is 0.455. The van der Waals surface area contributed by atoms with Crippen molar-refractivity contribution in [2.45, 2.75) is 13.0 Å². The van der Waals surface area contributed by atoms with E-state index in [9.17, 15) is 9.59 Å². The molecule has 1 amide bonds. The van der Waals surface area contributed by atoms with Crippen LogP contribution in [0.5, 0.6) is 0 Å². The fourth-order valence-corrected chi connectivity index (χ4v) is 1.17. The van der Waals surface area contributed by atoms with Gasteiger partial charge in [0.1, 0.15) is 0 Å². The van der Waals surface area contributed by atoms with Gasteiger partial charge in [0.2, 0.25) is 5.91 Å². The summed E-state index contributed by atoms with van der Waals surface area (Å²) >= 11 is 0. The third kappa shape index (κ3) is 5.28. The van der Waals surface area contributed by atoms with E-state index in [1.807, 2.05) is 0 Å². The highest BCUT2D eigenvalue weighted by atomic mass is 16.7. The van der Waals surface area contributed by atoms with Crippen molar-refractivity contribution in [1.82, 2.24) is 10.0 Å². The second-order valence-corrected chi connectivity index (χ2v) is 3.35. The van der Waals surface area contributed by atoms with Gasteiger partial charge in [-0.05, 0) is 6.07 Å². The number of methoxy groups -OCH3 is 1. The van der Waals surface area contributed by atoms with E-state index in [2.05, 4.69) is 5.48 Å². The largest absolute Gasteiger partial charge is 0.382 e. The predicted molar refractivity (Wildman–Crippen MR) is 61.3 cm³/mol. The van der Waals surface area contributed by atoms with Crippen LogP contribution in [0.15, 0.2) is 29.2 Å². The number of amides is 1. The average molecular weight is 240 g/mol. The first-order valence-electron chi connectivity index (χ1n) is 5.29. The van der Waals surface area contributed by atoms with Gasteiger partial charge in [0.25, 0.3) is 5.56 Å². The zero-order valence-electron chi connectivity index (χ0n) is 9.72. The number of hydroxylamine groups is 1. The van der Waals surface area contributed by atoms with E-state index in [0.29, 0.717) is 19.8 Å². The molecule has 1 heterocycles. The third-order valence-corrected chi connectivity index (χ3v) is 2.05. The van der Waals surface area contributed by atoms with E-state index in [0.717, 1.165) is 0 Å². The molecule has 0 aromatic carbocycles. The number of nitrogens with zero attached hydrogens (tertiary/aromatic N) is 1. The lowest BCUT2D eigenvalue weighted by atomic mass is 10.4. The Kier molecular flexibility index (Phi) is 5.98. The molecule has 0 aliphatic carbocycles. The summed E-state index contributed by atoms with van der Waals surface area (Å²) in [6.45, 7) is 1.05. The molecule has 0 atom stereocenters. The number of aromatic nitrogens is 1. The number of ether oxygens (including phenoxy) is 1. The van der Waals surface area contributed by atoms with Gasteiger partial charge >= 0.3 is 0 Å². The second kappa shape index (κ2) is 7.59. The van der Waals surface area contributed by atoms with E-state index >= 15 is 0 Å². The van der Waals surface area contributed by atoms with Crippen LogP contribution in [0.4, 0.5) is 0 Å². The third-order valence-electron chi connectivity index (χ3n) is 2.05. The summed E-state index contributed by atoms with van der Waals surface area (Å²) in [4.78, 5) is 27.5. The first-order chi connectivity index (χ1) is 8.24. The fourth-order valence-electron chi connectivity index (χ4n) is 1.17. The van der Waals surface area contributed by atoms with E-state index < -0.39 is 0 Å². The molecule has 1 aromatic heterocycles. The number of carbonyl (C=O) groups excluding carboxylic acids is 1. The van der Waals surface area contributed by atoms with Gasteiger partial charge < -0.3 is 9.30 Å². The molecule has 0 aliphatic rings. The summed E-state index contributed by atoms with van der Waals surface area (Å²) in [6.07, 6.45) is 1.83. The minimum Gasteiger partial charge on any atom is -0.382 e. The summed E-state index contributed by atoms with van der Waals surface area (Å²) in [7, 11) is 1.55. The summed E-state index contributed by atoms with van der Waals surface area (Å²) in [6, 6.07) is 4.86. The molecule has 94 valence electrons. The molecule has 0 radical (unpaired) electrons. The Balaban J connectivity index is 2.24. The molecule has 0 saturated heterocycles. The zero-order valence-corrected chi connectivity index (χ0v) is 9.72. The Morgan fingerprint density at radius 1 is 1.41 bits per heavy atom. The van der Waals surface area contributed by atoms with E-state index in [4.69, 9.17) is 9.57 Å². The van der Waals surface area contributed by atoms with E-state index in [1.165, 1.54) is 10.6 Å². The first-order valence-corrected chi connectivity index (χ1v) is 5.29. The Morgan fingerprint density at radius 2 is 2.24 bits per heavy atom. The van der Waals surface area contributed by atoms with Gasteiger partial charge in [0.15, 0.2) is 0 Å². The number of hydrogen-bond acceptors (Lipinski definition) is 4. The average Bonchev–Trinajstić information content (AvgIpc) is 2.34. The Labute approximate surface area is 99.1 Å². The number of pyridine rings is 1. The van der Waals surface area contributed by atoms with Gasteiger partial charge in [-0.1, -0.05) is 6.07 Å². The van der Waals surface area contributed by atoms with Crippen LogP contribution in [0.1, 0.15) is 6.42 Å². The van der Waals surface area contributed by atoms with Crippen LogP contribution < -0.4 is 11.0 Å². The van der Waals surface area contributed by atoms with Crippen molar-refractivity contribution in [1.29, 1.82) is 0 Å². The first kappa shape index (κ1) is 13.4. The summed E-state index contributed by atoms with van der Waals surface area (Å²) in [5.41, 5.74) is 2.15. The predicted octanol–water partition coefficient (Wildman–Crippen LogP) is -0.0674. The molecule has 1 aromatic rings. The smallest absolute Gasteiger partial charge is 0.250 e. The van der Waals surface area contributed by atoms with Gasteiger partial charge in [-0.15, -0.1) is 0 Å². The number of carbonyl (C=O) groups is 1. The van der Waals surface area contributed by atoms with Crippen LogP contribution in [0.3, 0.4) is 0 Å². The van der Waals surface area contributed by atoms with Gasteiger partial charge in [0, 0.05) is 32.3 Å². The maximum absolute atomic E-state index is 11.3. The lowest BCUT2D eigenvalue weighted by molar-refractivity contribution is -0.134. The van der Waals surface area contributed by atoms with Crippen molar-refractivity contribution in [2.24, 2.45) is 0 Å². The number of aryl methyl sites for hydroxylation is 1. The highest BCUT2D eigenvalue weighted by Crippen LogP contribution is 1.88. The highest BCUT2D eigenvalue weighted by Gasteiger charge is 2.02. The van der Waals surface area contributed by atoms with Crippen LogP contribution >= 0.6 is 0 Å².